The van der Waals surface area contributed by atoms with E-state index in [1.165, 1.54) is 5.56 Å². The smallest absolute Gasteiger partial charge is 0.309 e. The van der Waals surface area contributed by atoms with Gasteiger partial charge < -0.3 is 15.2 Å². The van der Waals surface area contributed by atoms with Crippen molar-refractivity contribution in [2.45, 2.75) is 53.4 Å². The van der Waals surface area contributed by atoms with Crippen molar-refractivity contribution in [3.63, 3.8) is 0 Å². The molecule has 1 rings (SSSR count). The molecule has 0 atom stereocenters. The van der Waals surface area contributed by atoms with Gasteiger partial charge in [0, 0.05) is 13.0 Å². The Kier molecular flexibility index (Phi) is 7.75. The maximum atomic E-state index is 11.7. The molecule has 1 aromatic rings. The molecule has 0 spiro atoms. The normalized spacial score (nSPS) is 11.2. The molecule has 0 aliphatic heterocycles. The summed E-state index contributed by atoms with van der Waals surface area (Å²) < 4.78 is 5.75. The number of carbonyl (C=O) groups is 2. The number of ether oxygens (including phenoxy) is 1. The lowest BCUT2D eigenvalue weighted by atomic mass is 9.90. The quantitative estimate of drug-likeness (QED) is 0.642. The van der Waals surface area contributed by atoms with Gasteiger partial charge in [0.25, 0.3) is 0 Å². The van der Waals surface area contributed by atoms with Gasteiger partial charge in [0.05, 0.1) is 12.0 Å². The SMILES string of the molecule is Cc1ccc(C)c(OCCCCC(=O)NCCC(C)(C)C(=O)O)c1. The van der Waals surface area contributed by atoms with Gasteiger partial charge in [-0.25, -0.2) is 0 Å². The number of carboxylic acids is 1. The number of hydrogen-bond acceptors (Lipinski definition) is 3. The van der Waals surface area contributed by atoms with Gasteiger partial charge in [-0.2, -0.15) is 0 Å². The largest absolute Gasteiger partial charge is 0.493 e. The van der Waals surface area contributed by atoms with E-state index in [9.17, 15) is 9.59 Å². The maximum absolute atomic E-state index is 11.7. The van der Waals surface area contributed by atoms with Gasteiger partial charge in [-0.1, -0.05) is 12.1 Å². The van der Waals surface area contributed by atoms with Crippen LogP contribution in [0.5, 0.6) is 5.75 Å². The second-order valence-corrected chi connectivity index (χ2v) is 6.86. The third-order valence-electron chi connectivity index (χ3n) is 4.05. The van der Waals surface area contributed by atoms with Crippen molar-refractivity contribution in [2.75, 3.05) is 13.2 Å². The third kappa shape index (κ3) is 7.02. The lowest BCUT2D eigenvalue weighted by molar-refractivity contribution is -0.147. The average Bonchev–Trinajstić information content (AvgIpc) is 2.50. The van der Waals surface area contributed by atoms with Crippen molar-refractivity contribution in [3.8, 4) is 5.75 Å². The van der Waals surface area contributed by atoms with Gasteiger partial charge in [-0.3, -0.25) is 9.59 Å². The molecule has 5 nitrogen and oxygen atoms in total. The molecule has 0 fully saturated rings. The summed E-state index contributed by atoms with van der Waals surface area (Å²) in [7, 11) is 0. The second kappa shape index (κ2) is 9.30. The van der Waals surface area contributed by atoms with Crippen LogP contribution in [0.15, 0.2) is 18.2 Å². The molecule has 0 aromatic heterocycles. The summed E-state index contributed by atoms with van der Waals surface area (Å²) in [6.07, 6.45) is 2.41. The first-order valence-electron chi connectivity index (χ1n) is 8.42. The highest BCUT2D eigenvalue weighted by Gasteiger charge is 2.26. The zero-order valence-electron chi connectivity index (χ0n) is 15.1. The van der Waals surface area contributed by atoms with Crippen LogP contribution in [0.3, 0.4) is 0 Å². The summed E-state index contributed by atoms with van der Waals surface area (Å²) >= 11 is 0. The van der Waals surface area contributed by atoms with E-state index in [2.05, 4.69) is 11.4 Å². The molecule has 0 saturated carbocycles. The Morgan fingerprint density at radius 1 is 1.21 bits per heavy atom. The zero-order valence-corrected chi connectivity index (χ0v) is 15.1. The fraction of sp³-hybridized carbons (Fsp3) is 0.579. The van der Waals surface area contributed by atoms with Crippen molar-refractivity contribution in [1.29, 1.82) is 0 Å². The topological polar surface area (TPSA) is 75.6 Å². The number of aryl methyl sites for hydroxylation is 2. The standard InChI is InChI=1S/C19H29NO4/c1-14-8-9-15(2)16(13-14)24-12-6-5-7-17(21)20-11-10-19(3,4)18(22)23/h8-9,13H,5-7,10-12H2,1-4H3,(H,20,21)(H,22,23). The van der Waals surface area contributed by atoms with Crippen molar-refractivity contribution in [2.24, 2.45) is 5.41 Å². The van der Waals surface area contributed by atoms with Crippen molar-refractivity contribution < 1.29 is 19.4 Å². The number of nitrogens with one attached hydrogen (secondary N) is 1. The van der Waals surface area contributed by atoms with Gasteiger partial charge in [-0.15, -0.1) is 0 Å². The number of rotatable bonds is 10. The lowest BCUT2D eigenvalue weighted by Gasteiger charge is -2.18. The summed E-state index contributed by atoms with van der Waals surface area (Å²) in [5, 5.41) is 11.8. The number of hydrogen-bond donors (Lipinski definition) is 2. The number of carbonyl (C=O) groups excluding carboxylic acids is 1. The van der Waals surface area contributed by atoms with Crippen LogP contribution in [0.4, 0.5) is 0 Å². The van der Waals surface area contributed by atoms with Gasteiger partial charge in [0.15, 0.2) is 0 Å². The second-order valence-electron chi connectivity index (χ2n) is 6.86. The maximum Gasteiger partial charge on any atom is 0.309 e. The zero-order chi connectivity index (χ0) is 18.2. The summed E-state index contributed by atoms with van der Waals surface area (Å²) in [6.45, 7) is 8.34. The highest BCUT2D eigenvalue weighted by molar-refractivity contribution is 5.76. The molecule has 0 aliphatic rings. The molecule has 0 bridgehead atoms. The number of unbranched alkanes of at least 4 members (excludes halogenated alkanes) is 1. The summed E-state index contributed by atoms with van der Waals surface area (Å²) in [5.74, 6) is 0.0126. The molecular weight excluding hydrogens is 306 g/mol. The molecular formula is C19H29NO4. The Bertz CT molecular complexity index is 566. The molecule has 2 N–H and O–H groups in total. The van der Waals surface area contributed by atoms with Gasteiger partial charge in [-0.05, 0) is 64.2 Å². The van der Waals surface area contributed by atoms with E-state index in [1.807, 2.05) is 26.0 Å². The minimum atomic E-state index is -0.847. The third-order valence-corrected chi connectivity index (χ3v) is 4.05. The molecule has 24 heavy (non-hydrogen) atoms. The van der Waals surface area contributed by atoms with Crippen LogP contribution in [0.1, 0.15) is 50.7 Å². The Hall–Kier alpha value is -2.04. The molecule has 0 radical (unpaired) electrons. The van der Waals surface area contributed by atoms with E-state index in [4.69, 9.17) is 9.84 Å². The van der Waals surface area contributed by atoms with Gasteiger partial charge >= 0.3 is 5.97 Å². The highest BCUT2D eigenvalue weighted by atomic mass is 16.5. The average molecular weight is 335 g/mol. The Morgan fingerprint density at radius 2 is 1.92 bits per heavy atom. The molecule has 134 valence electrons. The molecule has 0 aliphatic carbocycles. The minimum absolute atomic E-state index is 0.0390. The van der Waals surface area contributed by atoms with Crippen LogP contribution >= 0.6 is 0 Å². The van der Waals surface area contributed by atoms with E-state index in [-0.39, 0.29) is 5.91 Å². The number of carboxylic acid groups (broad SMARTS) is 1. The Balaban J connectivity index is 2.16. The molecule has 5 heteroatoms. The van der Waals surface area contributed by atoms with E-state index in [0.29, 0.717) is 26.0 Å². The summed E-state index contributed by atoms with van der Waals surface area (Å²) in [4.78, 5) is 22.7. The van der Waals surface area contributed by atoms with Crippen LogP contribution in [0, 0.1) is 19.3 Å². The summed E-state index contributed by atoms with van der Waals surface area (Å²) in [5.41, 5.74) is 1.46. The summed E-state index contributed by atoms with van der Waals surface area (Å²) in [6, 6.07) is 6.11. The first kappa shape index (κ1) is 20.0. The van der Waals surface area contributed by atoms with Crippen molar-refractivity contribution in [3.05, 3.63) is 29.3 Å². The minimum Gasteiger partial charge on any atom is -0.493 e. The molecule has 1 aromatic carbocycles. The van der Waals surface area contributed by atoms with Crippen molar-refractivity contribution >= 4 is 11.9 Å². The highest BCUT2D eigenvalue weighted by Crippen LogP contribution is 2.20. The van der Waals surface area contributed by atoms with Crippen molar-refractivity contribution in [1.82, 2.24) is 5.32 Å². The number of amides is 1. The van der Waals surface area contributed by atoms with E-state index < -0.39 is 11.4 Å². The fourth-order valence-corrected chi connectivity index (χ4v) is 2.14. The van der Waals surface area contributed by atoms with E-state index in [1.54, 1.807) is 13.8 Å². The first-order chi connectivity index (χ1) is 11.2. The fourth-order valence-electron chi connectivity index (χ4n) is 2.14. The van der Waals surface area contributed by atoms with Crippen LogP contribution < -0.4 is 10.1 Å². The van der Waals surface area contributed by atoms with E-state index >= 15 is 0 Å². The Labute approximate surface area is 144 Å². The number of aliphatic carboxylic acids is 1. The molecule has 0 heterocycles. The lowest BCUT2D eigenvalue weighted by Crippen LogP contribution is -2.31. The van der Waals surface area contributed by atoms with Crippen LogP contribution in [-0.4, -0.2) is 30.1 Å². The van der Waals surface area contributed by atoms with E-state index in [0.717, 1.165) is 24.2 Å². The molecule has 1 amide bonds. The monoisotopic (exact) mass is 335 g/mol. The van der Waals surface area contributed by atoms with Gasteiger partial charge in [0.2, 0.25) is 5.91 Å². The van der Waals surface area contributed by atoms with Crippen LogP contribution in [-0.2, 0) is 9.59 Å². The van der Waals surface area contributed by atoms with Crippen LogP contribution in [0.25, 0.3) is 0 Å². The van der Waals surface area contributed by atoms with Gasteiger partial charge in [0.1, 0.15) is 5.75 Å². The predicted octanol–water partition coefficient (Wildman–Crippen LogP) is 3.47. The predicted molar refractivity (Wildman–Crippen MR) is 94.3 cm³/mol. The number of benzene rings is 1. The van der Waals surface area contributed by atoms with Crippen LogP contribution in [0.2, 0.25) is 0 Å². The first-order valence-corrected chi connectivity index (χ1v) is 8.42. The molecule has 0 saturated heterocycles. The Morgan fingerprint density at radius 3 is 2.58 bits per heavy atom. The molecule has 0 unspecified atom stereocenters.